The molecular formula is C13H20N4O2S. The number of sulfonamides is 1. The van der Waals surface area contributed by atoms with Crippen molar-refractivity contribution in [3.63, 3.8) is 0 Å². The van der Waals surface area contributed by atoms with Gasteiger partial charge in [-0.1, -0.05) is 6.92 Å². The standard InChI is InChI=1S/C13H20N4O2S/c1-4-9-15-13-6-5-12(10-16-13)20(18,19)17(3)11(2)7-8-14/h5-6,10-11H,4,7,9H2,1-3H3,(H,15,16). The van der Waals surface area contributed by atoms with E-state index >= 15 is 0 Å². The number of rotatable bonds is 7. The Kier molecular flexibility index (Phi) is 5.92. The van der Waals surface area contributed by atoms with E-state index in [2.05, 4.69) is 10.3 Å². The molecule has 20 heavy (non-hydrogen) atoms. The minimum absolute atomic E-state index is 0.131. The molecule has 0 amide bonds. The van der Waals surface area contributed by atoms with Gasteiger partial charge in [0.15, 0.2) is 0 Å². The van der Waals surface area contributed by atoms with E-state index in [1.807, 2.05) is 13.0 Å². The van der Waals surface area contributed by atoms with Crippen molar-refractivity contribution in [1.29, 1.82) is 5.26 Å². The maximum absolute atomic E-state index is 12.3. The number of nitriles is 1. The highest BCUT2D eigenvalue weighted by molar-refractivity contribution is 7.89. The zero-order valence-electron chi connectivity index (χ0n) is 12.0. The Morgan fingerprint density at radius 3 is 2.70 bits per heavy atom. The van der Waals surface area contributed by atoms with Crippen LogP contribution in [0.5, 0.6) is 0 Å². The van der Waals surface area contributed by atoms with E-state index in [0.29, 0.717) is 5.82 Å². The first-order chi connectivity index (χ1) is 9.43. The lowest BCUT2D eigenvalue weighted by Crippen LogP contribution is -2.34. The molecule has 0 aliphatic rings. The molecule has 1 rings (SSSR count). The van der Waals surface area contributed by atoms with Gasteiger partial charge in [0.1, 0.15) is 10.7 Å². The third kappa shape index (κ3) is 3.92. The predicted molar refractivity (Wildman–Crippen MR) is 77.7 cm³/mol. The van der Waals surface area contributed by atoms with Crippen molar-refractivity contribution < 1.29 is 8.42 Å². The summed E-state index contributed by atoms with van der Waals surface area (Å²) in [5.74, 6) is 0.651. The second kappa shape index (κ2) is 7.22. The van der Waals surface area contributed by atoms with Crippen molar-refractivity contribution in [2.45, 2.75) is 37.6 Å². The normalized spacial score (nSPS) is 12.9. The van der Waals surface area contributed by atoms with Gasteiger partial charge in [-0.05, 0) is 25.5 Å². The van der Waals surface area contributed by atoms with Crippen molar-refractivity contribution in [1.82, 2.24) is 9.29 Å². The van der Waals surface area contributed by atoms with Crippen LogP contribution in [0, 0.1) is 11.3 Å². The van der Waals surface area contributed by atoms with Gasteiger partial charge in [0.05, 0.1) is 12.5 Å². The molecule has 1 heterocycles. The summed E-state index contributed by atoms with van der Waals surface area (Å²) in [4.78, 5) is 4.22. The molecule has 0 aliphatic heterocycles. The Morgan fingerprint density at radius 2 is 2.20 bits per heavy atom. The highest BCUT2D eigenvalue weighted by Crippen LogP contribution is 2.18. The van der Waals surface area contributed by atoms with Crippen LogP contribution in [0.15, 0.2) is 23.2 Å². The lowest BCUT2D eigenvalue weighted by molar-refractivity contribution is 0.393. The molecule has 6 nitrogen and oxygen atoms in total. The second-order valence-electron chi connectivity index (χ2n) is 4.54. The second-order valence-corrected chi connectivity index (χ2v) is 6.54. The number of nitrogens with one attached hydrogen (secondary N) is 1. The van der Waals surface area contributed by atoms with Crippen LogP contribution < -0.4 is 5.32 Å². The lowest BCUT2D eigenvalue weighted by atomic mass is 10.3. The highest BCUT2D eigenvalue weighted by Gasteiger charge is 2.25. The topological polar surface area (TPSA) is 86.1 Å². The van der Waals surface area contributed by atoms with E-state index in [4.69, 9.17) is 5.26 Å². The monoisotopic (exact) mass is 296 g/mol. The fourth-order valence-corrected chi connectivity index (χ4v) is 2.86. The average molecular weight is 296 g/mol. The van der Waals surface area contributed by atoms with E-state index < -0.39 is 10.0 Å². The van der Waals surface area contributed by atoms with Gasteiger partial charge in [-0.15, -0.1) is 0 Å². The molecule has 0 aliphatic carbocycles. The summed E-state index contributed by atoms with van der Waals surface area (Å²) in [6.07, 6.45) is 2.46. The zero-order chi connectivity index (χ0) is 15.2. The van der Waals surface area contributed by atoms with Gasteiger partial charge < -0.3 is 5.32 Å². The third-order valence-corrected chi connectivity index (χ3v) is 4.93. The average Bonchev–Trinajstić information content (AvgIpc) is 2.45. The summed E-state index contributed by atoms with van der Waals surface area (Å²) in [6, 6.07) is 4.77. The summed E-state index contributed by atoms with van der Waals surface area (Å²) in [7, 11) is -2.13. The lowest BCUT2D eigenvalue weighted by Gasteiger charge is -2.22. The van der Waals surface area contributed by atoms with Crippen LogP contribution in [0.1, 0.15) is 26.7 Å². The molecule has 0 saturated carbocycles. The van der Waals surface area contributed by atoms with Crippen molar-refractivity contribution in [2.24, 2.45) is 0 Å². The van der Waals surface area contributed by atoms with Crippen LogP contribution in [0.2, 0.25) is 0 Å². The minimum atomic E-state index is -3.61. The Bertz CT molecular complexity index is 563. The quantitative estimate of drug-likeness (QED) is 0.829. The fourth-order valence-electron chi connectivity index (χ4n) is 1.55. The molecule has 0 bridgehead atoms. The van der Waals surface area contributed by atoms with Gasteiger partial charge >= 0.3 is 0 Å². The van der Waals surface area contributed by atoms with E-state index in [9.17, 15) is 8.42 Å². The Balaban J connectivity index is 2.90. The van der Waals surface area contributed by atoms with Crippen LogP contribution in [0.4, 0.5) is 5.82 Å². The first kappa shape index (κ1) is 16.4. The maximum Gasteiger partial charge on any atom is 0.244 e. The number of pyridine rings is 1. The van der Waals surface area contributed by atoms with E-state index in [1.54, 1.807) is 13.0 Å². The summed E-state index contributed by atoms with van der Waals surface area (Å²) in [5.41, 5.74) is 0. The largest absolute Gasteiger partial charge is 0.370 e. The molecule has 1 aromatic rings. The van der Waals surface area contributed by atoms with E-state index in [0.717, 1.165) is 13.0 Å². The van der Waals surface area contributed by atoms with Crippen molar-refractivity contribution in [3.8, 4) is 6.07 Å². The number of anilines is 1. The summed E-state index contributed by atoms with van der Waals surface area (Å²) < 4.78 is 25.9. The Labute approximate surface area is 120 Å². The molecule has 1 unspecified atom stereocenters. The van der Waals surface area contributed by atoms with Gasteiger partial charge in [0.2, 0.25) is 10.0 Å². The Morgan fingerprint density at radius 1 is 1.50 bits per heavy atom. The van der Waals surface area contributed by atoms with Crippen LogP contribution in [-0.4, -0.2) is 37.3 Å². The van der Waals surface area contributed by atoms with Gasteiger partial charge in [0.25, 0.3) is 0 Å². The van der Waals surface area contributed by atoms with Gasteiger partial charge in [-0.3, -0.25) is 0 Å². The molecule has 0 aromatic carbocycles. The molecule has 1 atom stereocenters. The fraction of sp³-hybridized carbons (Fsp3) is 0.538. The predicted octanol–water partition coefficient (Wildman–Crippen LogP) is 1.83. The molecule has 7 heteroatoms. The van der Waals surface area contributed by atoms with Crippen LogP contribution >= 0.6 is 0 Å². The summed E-state index contributed by atoms with van der Waals surface area (Å²) in [5, 5.41) is 11.7. The van der Waals surface area contributed by atoms with Crippen molar-refractivity contribution in [2.75, 3.05) is 18.9 Å². The Hall–Kier alpha value is -1.65. The number of aromatic nitrogens is 1. The van der Waals surface area contributed by atoms with Gasteiger partial charge in [-0.2, -0.15) is 9.57 Å². The SMILES string of the molecule is CCCNc1ccc(S(=O)(=O)N(C)C(C)CC#N)cn1. The van der Waals surface area contributed by atoms with E-state index in [-0.39, 0.29) is 17.4 Å². The van der Waals surface area contributed by atoms with E-state index in [1.165, 1.54) is 23.6 Å². The molecule has 1 N–H and O–H groups in total. The molecule has 1 aromatic heterocycles. The molecular weight excluding hydrogens is 276 g/mol. The van der Waals surface area contributed by atoms with Gasteiger partial charge in [-0.25, -0.2) is 13.4 Å². The molecule has 0 fully saturated rings. The highest BCUT2D eigenvalue weighted by atomic mass is 32.2. The zero-order valence-corrected chi connectivity index (χ0v) is 12.8. The number of hydrogen-bond acceptors (Lipinski definition) is 5. The molecule has 0 saturated heterocycles. The number of hydrogen-bond donors (Lipinski definition) is 1. The van der Waals surface area contributed by atoms with Crippen LogP contribution in [0.3, 0.4) is 0 Å². The minimum Gasteiger partial charge on any atom is -0.370 e. The van der Waals surface area contributed by atoms with Crippen LogP contribution in [0.25, 0.3) is 0 Å². The molecule has 0 spiro atoms. The first-order valence-corrected chi connectivity index (χ1v) is 7.92. The maximum atomic E-state index is 12.3. The van der Waals surface area contributed by atoms with Crippen molar-refractivity contribution in [3.05, 3.63) is 18.3 Å². The third-order valence-electron chi connectivity index (χ3n) is 2.98. The van der Waals surface area contributed by atoms with Crippen LogP contribution in [-0.2, 0) is 10.0 Å². The molecule has 110 valence electrons. The molecule has 0 radical (unpaired) electrons. The first-order valence-electron chi connectivity index (χ1n) is 6.48. The van der Waals surface area contributed by atoms with Crippen molar-refractivity contribution >= 4 is 15.8 Å². The summed E-state index contributed by atoms with van der Waals surface area (Å²) >= 11 is 0. The smallest absolute Gasteiger partial charge is 0.244 e. The van der Waals surface area contributed by atoms with Gasteiger partial charge in [0, 0.05) is 25.8 Å². The summed E-state index contributed by atoms with van der Waals surface area (Å²) in [6.45, 7) is 4.53. The number of nitrogens with zero attached hydrogens (tertiary/aromatic N) is 3.